The van der Waals surface area contributed by atoms with Crippen LogP contribution in [-0.4, -0.2) is 0 Å². The number of hydrogen-bond acceptors (Lipinski definition) is 0. The average molecular weight is 151 g/mol. The summed E-state index contributed by atoms with van der Waals surface area (Å²) in [7, 11) is 0. The minimum atomic E-state index is 1.06. The lowest BCUT2D eigenvalue weighted by Crippen LogP contribution is -1.93. The fourth-order valence-corrected chi connectivity index (χ4v) is 1.12. The Balaban J connectivity index is 3.49. The van der Waals surface area contributed by atoms with E-state index in [-0.39, 0.29) is 0 Å². The van der Waals surface area contributed by atoms with Crippen molar-refractivity contribution >= 4 is 0 Å². The van der Waals surface area contributed by atoms with E-state index in [2.05, 4.69) is 20.1 Å². The zero-order valence-electron chi connectivity index (χ0n) is 7.60. The summed E-state index contributed by atoms with van der Waals surface area (Å²) in [6, 6.07) is 0. The third-order valence-electron chi connectivity index (χ3n) is 1.75. The van der Waals surface area contributed by atoms with Gasteiger partial charge in [0.1, 0.15) is 0 Å². The predicted molar refractivity (Wildman–Crippen MR) is 52.4 cm³/mol. The highest BCUT2D eigenvalue weighted by atomic mass is 14.1. The fourth-order valence-electron chi connectivity index (χ4n) is 1.12. The summed E-state index contributed by atoms with van der Waals surface area (Å²) in [5, 5.41) is 0. The van der Waals surface area contributed by atoms with Gasteiger partial charge in [0.15, 0.2) is 0 Å². The quantitative estimate of drug-likeness (QED) is 0.484. The Morgan fingerprint density at radius 1 is 1.18 bits per heavy atom. The van der Waals surface area contributed by atoms with E-state index in [9.17, 15) is 0 Å². The van der Waals surface area contributed by atoms with Crippen molar-refractivity contribution in [3.05, 3.63) is 31.2 Å². The number of rotatable bonds is 7. The molecule has 0 fully saturated rings. The van der Waals surface area contributed by atoms with Crippen LogP contribution in [0.3, 0.4) is 0 Å². The van der Waals surface area contributed by atoms with E-state index in [1.54, 1.807) is 5.92 Å². The molecule has 0 atom stereocenters. The van der Waals surface area contributed by atoms with E-state index in [1.807, 2.05) is 12.2 Å². The second kappa shape index (κ2) is 7.59. The third kappa shape index (κ3) is 5.90. The normalized spacial score (nSPS) is 10.0. The van der Waals surface area contributed by atoms with Crippen molar-refractivity contribution < 1.29 is 0 Å². The lowest BCUT2D eigenvalue weighted by Gasteiger charge is -2.10. The largest absolute Gasteiger partial charge is 0.103 e. The molecule has 0 heteroatoms. The van der Waals surface area contributed by atoms with Gasteiger partial charge < -0.3 is 0 Å². The van der Waals surface area contributed by atoms with Crippen LogP contribution in [0.2, 0.25) is 0 Å². The molecule has 0 aliphatic rings. The molecule has 1 radical (unpaired) electrons. The van der Waals surface area contributed by atoms with Crippen LogP contribution in [-0.2, 0) is 0 Å². The van der Waals surface area contributed by atoms with Gasteiger partial charge in [-0.2, -0.15) is 0 Å². The van der Waals surface area contributed by atoms with Gasteiger partial charge in [-0.15, -0.1) is 13.2 Å². The molecule has 0 saturated heterocycles. The number of allylic oxidation sites excluding steroid dienone is 2. The van der Waals surface area contributed by atoms with Crippen LogP contribution in [0.25, 0.3) is 0 Å². The Morgan fingerprint density at radius 3 is 2.09 bits per heavy atom. The Labute approximate surface area is 71.0 Å². The average Bonchev–Trinajstić information content (AvgIpc) is 2.01. The first-order chi connectivity index (χ1) is 5.35. The molecule has 0 bridgehead atoms. The zero-order valence-corrected chi connectivity index (χ0v) is 7.60. The first kappa shape index (κ1) is 10.5. The molecule has 0 unspecified atom stereocenters. The molecule has 0 spiro atoms. The first-order valence-electron chi connectivity index (χ1n) is 4.40. The third-order valence-corrected chi connectivity index (χ3v) is 1.75. The first-order valence-corrected chi connectivity index (χ1v) is 4.40. The molecule has 0 aliphatic heterocycles. The van der Waals surface area contributed by atoms with Gasteiger partial charge in [0.2, 0.25) is 0 Å². The molecule has 63 valence electrons. The topological polar surface area (TPSA) is 0 Å². The summed E-state index contributed by atoms with van der Waals surface area (Å²) in [6.07, 6.45) is 9.91. The zero-order chi connectivity index (χ0) is 8.53. The van der Waals surface area contributed by atoms with E-state index < -0.39 is 0 Å². The van der Waals surface area contributed by atoms with Crippen molar-refractivity contribution in [2.45, 2.75) is 39.0 Å². The molecular formula is C11H19. The predicted octanol–water partition coefficient (Wildman–Crippen LogP) is 3.90. The molecule has 0 N–H and O–H groups in total. The van der Waals surface area contributed by atoms with Gasteiger partial charge >= 0.3 is 0 Å². The van der Waals surface area contributed by atoms with Crippen molar-refractivity contribution in [3.8, 4) is 0 Å². The van der Waals surface area contributed by atoms with Gasteiger partial charge in [-0.05, 0) is 25.2 Å². The maximum atomic E-state index is 3.74. The van der Waals surface area contributed by atoms with Crippen molar-refractivity contribution in [2.75, 3.05) is 0 Å². The lowest BCUT2D eigenvalue weighted by atomic mass is 9.95. The van der Waals surface area contributed by atoms with Crippen molar-refractivity contribution in [3.63, 3.8) is 0 Å². The van der Waals surface area contributed by atoms with Crippen LogP contribution in [0.4, 0.5) is 0 Å². The summed E-state index contributed by atoms with van der Waals surface area (Å²) < 4.78 is 0. The molecule has 0 aromatic heterocycles. The molecule has 0 nitrogen and oxygen atoms in total. The van der Waals surface area contributed by atoms with E-state index in [0.717, 1.165) is 12.8 Å². The maximum Gasteiger partial charge on any atom is -0.0166 e. The van der Waals surface area contributed by atoms with Crippen LogP contribution in [0.1, 0.15) is 39.0 Å². The van der Waals surface area contributed by atoms with Crippen LogP contribution in [0, 0.1) is 5.92 Å². The summed E-state index contributed by atoms with van der Waals surface area (Å²) in [4.78, 5) is 0. The minimum absolute atomic E-state index is 1.06. The van der Waals surface area contributed by atoms with Crippen LogP contribution in [0.15, 0.2) is 25.3 Å². The van der Waals surface area contributed by atoms with Gasteiger partial charge in [-0.3, -0.25) is 0 Å². The lowest BCUT2D eigenvalue weighted by molar-refractivity contribution is 0.684. The van der Waals surface area contributed by atoms with Gasteiger partial charge in [0.05, 0.1) is 0 Å². The Bertz CT molecular complexity index is 92.6. The summed E-state index contributed by atoms with van der Waals surface area (Å²) in [6.45, 7) is 9.69. The van der Waals surface area contributed by atoms with Gasteiger partial charge in [-0.25, -0.2) is 0 Å². The van der Waals surface area contributed by atoms with Crippen molar-refractivity contribution in [1.29, 1.82) is 0 Å². The van der Waals surface area contributed by atoms with Crippen molar-refractivity contribution in [1.82, 2.24) is 0 Å². The van der Waals surface area contributed by atoms with Crippen LogP contribution >= 0.6 is 0 Å². The molecule has 0 saturated carbocycles. The maximum absolute atomic E-state index is 3.74. The molecular weight excluding hydrogens is 132 g/mol. The molecule has 11 heavy (non-hydrogen) atoms. The van der Waals surface area contributed by atoms with Gasteiger partial charge in [0, 0.05) is 0 Å². The van der Waals surface area contributed by atoms with E-state index in [0.29, 0.717) is 0 Å². The number of unbranched alkanes of at least 4 members (excludes halogenated alkanes) is 1. The van der Waals surface area contributed by atoms with Crippen LogP contribution in [0.5, 0.6) is 0 Å². The molecule has 0 aromatic carbocycles. The molecule has 0 aromatic rings. The van der Waals surface area contributed by atoms with E-state index in [4.69, 9.17) is 0 Å². The standard InChI is InChI=1S/C11H19/c1-4-7-10-11(8-5-2)9-6-3/h5-6H,2-4,7-10H2,1H3. The monoisotopic (exact) mass is 151 g/mol. The molecule has 0 heterocycles. The van der Waals surface area contributed by atoms with Crippen molar-refractivity contribution in [2.24, 2.45) is 0 Å². The smallest absolute Gasteiger partial charge is 0.0166 e. The highest BCUT2D eigenvalue weighted by Crippen LogP contribution is 2.19. The number of hydrogen-bond donors (Lipinski definition) is 0. The molecule has 0 rings (SSSR count). The second-order valence-electron chi connectivity index (χ2n) is 2.84. The van der Waals surface area contributed by atoms with Crippen LogP contribution < -0.4 is 0 Å². The van der Waals surface area contributed by atoms with Gasteiger partial charge in [-0.1, -0.05) is 31.9 Å². The van der Waals surface area contributed by atoms with E-state index >= 15 is 0 Å². The SMILES string of the molecule is C=CC[C](CC=C)CCCC. The highest BCUT2D eigenvalue weighted by Gasteiger charge is 2.03. The molecule has 0 amide bonds. The fraction of sp³-hybridized carbons (Fsp3) is 0.545. The Morgan fingerprint density at radius 2 is 1.73 bits per heavy atom. The molecule has 0 aliphatic carbocycles. The van der Waals surface area contributed by atoms with E-state index in [1.165, 1.54) is 19.3 Å². The Hall–Kier alpha value is -0.520. The summed E-state index contributed by atoms with van der Waals surface area (Å²) >= 11 is 0. The highest BCUT2D eigenvalue weighted by molar-refractivity contribution is 4.99. The summed E-state index contributed by atoms with van der Waals surface area (Å²) in [5.74, 6) is 1.57. The van der Waals surface area contributed by atoms with Gasteiger partial charge in [0.25, 0.3) is 0 Å². The second-order valence-corrected chi connectivity index (χ2v) is 2.84. The summed E-state index contributed by atoms with van der Waals surface area (Å²) in [5.41, 5.74) is 0. The Kier molecular flexibility index (Phi) is 7.23. The minimum Gasteiger partial charge on any atom is -0.103 e.